The first-order valence-corrected chi connectivity index (χ1v) is 9.73. The number of benzene rings is 2. The van der Waals surface area contributed by atoms with Crippen LogP contribution < -0.4 is 10.1 Å². The zero-order chi connectivity index (χ0) is 19.9. The van der Waals surface area contributed by atoms with Crippen molar-refractivity contribution < 1.29 is 13.9 Å². The Morgan fingerprint density at radius 2 is 2.07 bits per heavy atom. The molecular formula is C22H21FN2O2S. The molecule has 28 heavy (non-hydrogen) atoms. The van der Waals surface area contributed by atoms with E-state index in [1.807, 2.05) is 36.6 Å². The molecule has 0 unspecified atom stereocenters. The highest BCUT2D eigenvalue weighted by Gasteiger charge is 2.05. The first-order valence-electron chi connectivity index (χ1n) is 8.85. The molecule has 0 saturated heterocycles. The van der Waals surface area contributed by atoms with Crippen LogP contribution in [-0.4, -0.2) is 10.9 Å². The minimum Gasteiger partial charge on any atom is -0.487 e. The van der Waals surface area contributed by atoms with Crippen LogP contribution in [0.5, 0.6) is 5.75 Å². The summed E-state index contributed by atoms with van der Waals surface area (Å²) in [5.74, 6) is 0.146. The summed E-state index contributed by atoms with van der Waals surface area (Å²) in [6.07, 6.45) is 3.15. The lowest BCUT2D eigenvalue weighted by atomic mass is 10.1. The van der Waals surface area contributed by atoms with Crippen LogP contribution >= 0.6 is 11.3 Å². The van der Waals surface area contributed by atoms with Gasteiger partial charge >= 0.3 is 0 Å². The van der Waals surface area contributed by atoms with Gasteiger partial charge in [-0.1, -0.05) is 30.3 Å². The Labute approximate surface area is 167 Å². The molecule has 0 aliphatic rings. The van der Waals surface area contributed by atoms with Crippen molar-refractivity contribution in [2.24, 2.45) is 0 Å². The first-order chi connectivity index (χ1) is 13.5. The molecule has 144 valence electrons. The van der Waals surface area contributed by atoms with Gasteiger partial charge in [0.25, 0.3) is 0 Å². The van der Waals surface area contributed by atoms with Crippen molar-refractivity contribution in [3.8, 4) is 5.75 Å². The number of hydrogen-bond acceptors (Lipinski definition) is 4. The predicted octanol–water partition coefficient (Wildman–Crippen LogP) is 4.81. The number of ether oxygens (including phenoxy) is 1. The average molecular weight is 396 g/mol. The van der Waals surface area contributed by atoms with Crippen LogP contribution in [0.2, 0.25) is 0 Å². The van der Waals surface area contributed by atoms with E-state index in [0.29, 0.717) is 23.5 Å². The normalized spacial score (nSPS) is 11.0. The third-order valence-corrected chi connectivity index (χ3v) is 4.90. The minimum absolute atomic E-state index is 0.258. The van der Waals surface area contributed by atoms with Crippen molar-refractivity contribution in [2.45, 2.75) is 27.0 Å². The molecule has 2 aromatic carbocycles. The number of aromatic nitrogens is 1. The van der Waals surface area contributed by atoms with E-state index in [1.54, 1.807) is 36.5 Å². The SMILES string of the molecule is Cc1nc(COc2ccccc2/C=C/C(=O)NCc2ccc(C)c(F)c2)cs1. The van der Waals surface area contributed by atoms with Crippen molar-refractivity contribution in [3.05, 3.63) is 87.1 Å². The number of hydrogen-bond donors (Lipinski definition) is 1. The number of nitrogens with one attached hydrogen (secondary N) is 1. The third-order valence-electron chi connectivity index (χ3n) is 4.08. The second-order valence-electron chi connectivity index (χ2n) is 6.32. The molecule has 6 heteroatoms. The number of nitrogens with zero attached hydrogens (tertiary/aromatic N) is 1. The molecule has 3 aromatic rings. The van der Waals surface area contributed by atoms with Gasteiger partial charge in [0.15, 0.2) is 0 Å². The Morgan fingerprint density at radius 3 is 2.82 bits per heavy atom. The van der Waals surface area contributed by atoms with Gasteiger partial charge in [-0.3, -0.25) is 4.79 Å². The largest absolute Gasteiger partial charge is 0.487 e. The number of carbonyl (C=O) groups excluding carboxylic acids is 1. The van der Waals surface area contributed by atoms with E-state index in [0.717, 1.165) is 16.3 Å². The molecule has 0 fully saturated rings. The number of aryl methyl sites for hydroxylation is 2. The van der Waals surface area contributed by atoms with E-state index in [1.165, 1.54) is 12.1 Å². The fraction of sp³-hybridized carbons (Fsp3) is 0.182. The number of amides is 1. The number of para-hydroxylation sites is 1. The van der Waals surface area contributed by atoms with Crippen LogP contribution in [0.4, 0.5) is 4.39 Å². The van der Waals surface area contributed by atoms with Crippen LogP contribution in [0, 0.1) is 19.7 Å². The van der Waals surface area contributed by atoms with Crippen LogP contribution in [-0.2, 0) is 17.9 Å². The number of thiazole rings is 1. The molecule has 0 aliphatic carbocycles. The van der Waals surface area contributed by atoms with Gasteiger partial charge in [0.05, 0.1) is 10.7 Å². The van der Waals surface area contributed by atoms with Gasteiger partial charge in [0, 0.05) is 23.6 Å². The molecule has 0 radical (unpaired) electrons. The molecule has 4 nitrogen and oxygen atoms in total. The lowest BCUT2D eigenvalue weighted by molar-refractivity contribution is -0.116. The van der Waals surface area contributed by atoms with Crippen molar-refractivity contribution in [3.63, 3.8) is 0 Å². The molecular weight excluding hydrogens is 375 g/mol. The van der Waals surface area contributed by atoms with Gasteiger partial charge in [0.2, 0.25) is 5.91 Å². The zero-order valence-corrected chi connectivity index (χ0v) is 16.6. The Kier molecular flexibility index (Phi) is 6.55. The second-order valence-corrected chi connectivity index (χ2v) is 7.38. The standard InChI is InChI=1S/C22H21FN2O2S/c1-15-7-8-17(11-20(15)23)12-24-22(26)10-9-18-5-3-4-6-21(18)27-13-19-14-28-16(2)25-19/h3-11,14H,12-13H2,1-2H3,(H,24,26)/b10-9+. The summed E-state index contributed by atoms with van der Waals surface area (Å²) in [6.45, 7) is 4.30. The Balaban J connectivity index is 1.58. The van der Waals surface area contributed by atoms with Gasteiger partial charge in [0.1, 0.15) is 18.2 Å². The summed E-state index contributed by atoms with van der Waals surface area (Å²) in [4.78, 5) is 16.5. The maximum absolute atomic E-state index is 13.6. The fourth-order valence-corrected chi connectivity index (χ4v) is 3.13. The van der Waals surface area contributed by atoms with Crippen LogP contribution in [0.15, 0.2) is 53.9 Å². The molecule has 1 amide bonds. The van der Waals surface area contributed by atoms with Gasteiger partial charge in [-0.25, -0.2) is 9.37 Å². The average Bonchev–Trinajstić information content (AvgIpc) is 3.11. The van der Waals surface area contributed by atoms with E-state index in [2.05, 4.69) is 10.3 Å². The highest BCUT2D eigenvalue weighted by molar-refractivity contribution is 7.09. The van der Waals surface area contributed by atoms with E-state index < -0.39 is 0 Å². The molecule has 0 aliphatic heterocycles. The Bertz CT molecular complexity index is 998. The third kappa shape index (κ3) is 5.50. The van der Waals surface area contributed by atoms with E-state index in [4.69, 9.17) is 4.74 Å². The number of carbonyl (C=O) groups is 1. The van der Waals surface area contributed by atoms with Gasteiger partial charge in [-0.05, 0) is 43.2 Å². The molecule has 1 heterocycles. The predicted molar refractivity (Wildman–Crippen MR) is 110 cm³/mol. The Morgan fingerprint density at radius 1 is 1.25 bits per heavy atom. The topological polar surface area (TPSA) is 51.2 Å². The summed E-state index contributed by atoms with van der Waals surface area (Å²) in [7, 11) is 0. The summed E-state index contributed by atoms with van der Waals surface area (Å²) in [5, 5.41) is 5.72. The van der Waals surface area contributed by atoms with Crippen molar-refractivity contribution >= 4 is 23.3 Å². The second kappa shape index (κ2) is 9.28. The van der Waals surface area contributed by atoms with Crippen LogP contribution in [0.3, 0.4) is 0 Å². The van der Waals surface area contributed by atoms with Crippen molar-refractivity contribution in [1.29, 1.82) is 0 Å². The summed E-state index contributed by atoms with van der Waals surface area (Å²) >= 11 is 1.58. The monoisotopic (exact) mass is 396 g/mol. The maximum atomic E-state index is 13.6. The smallest absolute Gasteiger partial charge is 0.244 e. The van der Waals surface area contributed by atoms with E-state index >= 15 is 0 Å². The first kappa shape index (κ1) is 19.8. The molecule has 0 spiro atoms. The van der Waals surface area contributed by atoms with Crippen molar-refractivity contribution in [2.75, 3.05) is 0 Å². The number of halogens is 1. The highest BCUT2D eigenvalue weighted by atomic mass is 32.1. The summed E-state index contributed by atoms with van der Waals surface area (Å²) in [6, 6.07) is 12.4. The van der Waals surface area contributed by atoms with Gasteiger partial charge in [-0.2, -0.15) is 0 Å². The zero-order valence-electron chi connectivity index (χ0n) is 15.7. The van der Waals surface area contributed by atoms with Crippen LogP contribution in [0.25, 0.3) is 6.08 Å². The maximum Gasteiger partial charge on any atom is 0.244 e. The molecule has 3 rings (SSSR count). The van der Waals surface area contributed by atoms with E-state index in [-0.39, 0.29) is 18.3 Å². The van der Waals surface area contributed by atoms with Crippen molar-refractivity contribution in [1.82, 2.24) is 10.3 Å². The number of rotatable bonds is 7. The van der Waals surface area contributed by atoms with E-state index in [9.17, 15) is 9.18 Å². The fourth-order valence-electron chi connectivity index (χ4n) is 2.54. The molecule has 1 N–H and O–H groups in total. The molecule has 1 aromatic heterocycles. The quantitative estimate of drug-likeness (QED) is 0.583. The molecule has 0 bridgehead atoms. The van der Waals surface area contributed by atoms with Gasteiger partial charge < -0.3 is 10.1 Å². The minimum atomic E-state index is -0.274. The molecule has 0 saturated carbocycles. The molecule has 0 atom stereocenters. The lowest BCUT2D eigenvalue weighted by Gasteiger charge is -2.08. The summed E-state index contributed by atoms with van der Waals surface area (Å²) < 4.78 is 19.4. The highest BCUT2D eigenvalue weighted by Crippen LogP contribution is 2.21. The lowest BCUT2D eigenvalue weighted by Crippen LogP contribution is -2.20. The van der Waals surface area contributed by atoms with Gasteiger partial charge in [-0.15, -0.1) is 11.3 Å². The van der Waals surface area contributed by atoms with Crippen LogP contribution in [0.1, 0.15) is 27.4 Å². The summed E-state index contributed by atoms with van der Waals surface area (Å²) in [5.41, 5.74) is 2.97. The Hall–Kier alpha value is -2.99.